The Labute approximate surface area is 173 Å². The lowest BCUT2D eigenvalue weighted by atomic mass is 10.1. The average Bonchev–Trinajstić information content (AvgIpc) is 3.00. The van der Waals surface area contributed by atoms with Gasteiger partial charge >= 0.3 is 0 Å². The molecule has 0 atom stereocenters. The van der Waals surface area contributed by atoms with Gasteiger partial charge in [-0.25, -0.2) is 8.42 Å². The Hall–Kier alpha value is -2.77. The second kappa shape index (κ2) is 9.62. The first-order valence-corrected chi connectivity index (χ1v) is 11.0. The number of rotatable bonds is 7. The molecule has 2 aromatic carbocycles. The number of benzene rings is 2. The average molecular weight is 416 g/mol. The van der Waals surface area contributed by atoms with E-state index in [-0.39, 0.29) is 5.75 Å². The summed E-state index contributed by atoms with van der Waals surface area (Å²) in [6.07, 6.45) is 2.36. The van der Waals surface area contributed by atoms with Crippen LogP contribution in [-0.2, 0) is 10.0 Å². The summed E-state index contributed by atoms with van der Waals surface area (Å²) in [5, 5.41) is 1.12. The molecular weight excluding hydrogens is 386 g/mol. The SMILES string of the molecule is C=Cn1c(-c2ccc(NS(=O)(=O)CCC)cc2)c(C)c2ccc(OC)cc21.CN. The number of fused-ring (bicyclic) bond motifs is 1. The number of aryl methyl sites for hydroxylation is 1. The van der Waals surface area contributed by atoms with Gasteiger partial charge in [0.1, 0.15) is 5.75 Å². The minimum atomic E-state index is -3.30. The third-order valence-corrected chi connectivity index (χ3v) is 6.04. The first-order valence-electron chi connectivity index (χ1n) is 9.40. The second-order valence-electron chi connectivity index (χ2n) is 6.41. The molecule has 7 heteroatoms. The van der Waals surface area contributed by atoms with Crippen molar-refractivity contribution in [2.24, 2.45) is 5.73 Å². The van der Waals surface area contributed by atoms with E-state index in [1.165, 1.54) is 7.05 Å². The molecule has 3 N–H and O–H groups in total. The molecule has 0 fully saturated rings. The summed E-state index contributed by atoms with van der Waals surface area (Å²) in [4.78, 5) is 0. The van der Waals surface area contributed by atoms with Gasteiger partial charge < -0.3 is 15.0 Å². The van der Waals surface area contributed by atoms with Crippen LogP contribution in [-0.4, -0.2) is 32.9 Å². The Balaban J connectivity index is 0.00000145. The van der Waals surface area contributed by atoms with Crippen LogP contribution in [0.3, 0.4) is 0 Å². The van der Waals surface area contributed by atoms with E-state index < -0.39 is 10.0 Å². The fourth-order valence-corrected chi connectivity index (χ4v) is 4.46. The van der Waals surface area contributed by atoms with E-state index in [1.807, 2.05) is 41.8 Å². The summed E-state index contributed by atoms with van der Waals surface area (Å²) in [6, 6.07) is 13.4. The van der Waals surface area contributed by atoms with E-state index in [9.17, 15) is 8.42 Å². The maximum absolute atomic E-state index is 11.9. The zero-order chi connectivity index (χ0) is 21.6. The lowest BCUT2D eigenvalue weighted by Crippen LogP contribution is -2.15. The number of anilines is 1. The molecule has 0 saturated heterocycles. The van der Waals surface area contributed by atoms with Crippen LogP contribution in [0.1, 0.15) is 18.9 Å². The van der Waals surface area contributed by atoms with E-state index in [1.54, 1.807) is 25.4 Å². The van der Waals surface area contributed by atoms with Gasteiger partial charge in [0.2, 0.25) is 10.0 Å². The van der Waals surface area contributed by atoms with Gasteiger partial charge in [0.25, 0.3) is 0 Å². The standard InChI is InChI=1S/C21H24N2O3S.CH5N/c1-5-13-27(24,25)22-17-9-7-16(8-10-17)21-15(3)19-12-11-18(26-4)14-20(19)23(21)6-2;1-2/h6-12,14,22H,2,5,13H2,1,3-4H3;2H2,1H3. The van der Waals surface area contributed by atoms with Gasteiger partial charge in [-0.05, 0) is 55.8 Å². The van der Waals surface area contributed by atoms with Crippen molar-refractivity contribution < 1.29 is 13.2 Å². The van der Waals surface area contributed by atoms with Crippen molar-refractivity contribution in [3.05, 3.63) is 54.6 Å². The minimum Gasteiger partial charge on any atom is -0.497 e. The summed E-state index contributed by atoms with van der Waals surface area (Å²) in [6.45, 7) is 7.87. The number of nitrogens with one attached hydrogen (secondary N) is 1. The van der Waals surface area contributed by atoms with Crippen molar-refractivity contribution in [3.63, 3.8) is 0 Å². The van der Waals surface area contributed by atoms with Crippen molar-refractivity contribution >= 4 is 32.8 Å². The highest BCUT2D eigenvalue weighted by Crippen LogP contribution is 2.35. The van der Waals surface area contributed by atoms with Gasteiger partial charge in [-0.1, -0.05) is 25.6 Å². The number of methoxy groups -OCH3 is 1. The minimum absolute atomic E-state index is 0.112. The van der Waals surface area contributed by atoms with Crippen LogP contribution in [0.15, 0.2) is 49.0 Å². The second-order valence-corrected chi connectivity index (χ2v) is 8.25. The zero-order valence-corrected chi connectivity index (χ0v) is 18.2. The molecule has 0 bridgehead atoms. The number of nitrogens with two attached hydrogens (primary N) is 1. The van der Waals surface area contributed by atoms with Gasteiger partial charge in [0, 0.05) is 23.3 Å². The van der Waals surface area contributed by atoms with Crippen molar-refractivity contribution in [2.45, 2.75) is 20.3 Å². The van der Waals surface area contributed by atoms with Crippen LogP contribution in [0.4, 0.5) is 5.69 Å². The molecule has 3 aromatic rings. The predicted molar refractivity (Wildman–Crippen MR) is 123 cm³/mol. The molecule has 1 heterocycles. The van der Waals surface area contributed by atoms with Gasteiger partial charge in [-0.15, -0.1) is 0 Å². The van der Waals surface area contributed by atoms with E-state index in [0.717, 1.165) is 33.5 Å². The van der Waals surface area contributed by atoms with Crippen molar-refractivity contribution in [1.29, 1.82) is 0 Å². The Morgan fingerprint density at radius 1 is 1.17 bits per heavy atom. The molecule has 3 rings (SSSR count). The molecule has 0 aliphatic rings. The Morgan fingerprint density at radius 3 is 2.38 bits per heavy atom. The molecule has 156 valence electrons. The fraction of sp³-hybridized carbons (Fsp3) is 0.273. The molecule has 0 spiro atoms. The smallest absolute Gasteiger partial charge is 0.232 e. The Kier molecular flexibility index (Phi) is 7.47. The number of sulfonamides is 1. The molecule has 29 heavy (non-hydrogen) atoms. The van der Waals surface area contributed by atoms with E-state index in [2.05, 4.69) is 24.0 Å². The van der Waals surface area contributed by atoms with Gasteiger partial charge in [-0.3, -0.25) is 4.72 Å². The van der Waals surface area contributed by atoms with Crippen molar-refractivity contribution in [1.82, 2.24) is 4.57 Å². The maximum Gasteiger partial charge on any atom is 0.232 e. The largest absolute Gasteiger partial charge is 0.497 e. The van der Waals surface area contributed by atoms with Crippen LogP contribution in [0.5, 0.6) is 5.75 Å². The number of hydrogen-bond donors (Lipinski definition) is 2. The first kappa shape index (κ1) is 22.5. The van der Waals surface area contributed by atoms with Crippen LogP contribution in [0, 0.1) is 6.92 Å². The highest BCUT2D eigenvalue weighted by molar-refractivity contribution is 7.92. The van der Waals surface area contributed by atoms with Crippen LogP contribution in [0.2, 0.25) is 0 Å². The lowest BCUT2D eigenvalue weighted by molar-refractivity contribution is 0.415. The summed E-state index contributed by atoms with van der Waals surface area (Å²) in [7, 11) is -0.149. The third kappa shape index (κ3) is 4.81. The zero-order valence-electron chi connectivity index (χ0n) is 17.4. The first-order chi connectivity index (χ1) is 13.9. The number of ether oxygens (including phenoxy) is 1. The Morgan fingerprint density at radius 2 is 1.83 bits per heavy atom. The number of hydrogen-bond acceptors (Lipinski definition) is 4. The predicted octanol–water partition coefficient (Wildman–Crippen LogP) is 4.45. The summed E-state index contributed by atoms with van der Waals surface area (Å²) < 4.78 is 33.9. The highest BCUT2D eigenvalue weighted by atomic mass is 32.2. The van der Waals surface area contributed by atoms with E-state index in [4.69, 9.17) is 4.74 Å². The normalized spacial score (nSPS) is 10.9. The molecular formula is C22H29N3O3S. The Bertz CT molecular complexity index is 1080. The van der Waals surface area contributed by atoms with E-state index >= 15 is 0 Å². The number of nitrogens with zero attached hydrogens (tertiary/aromatic N) is 1. The molecule has 0 amide bonds. The van der Waals surface area contributed by atoms with Gasteiger partial charge in [0.05, 0.1) is 24.1 Å². The molecule has 0 aliphatic heterocycles. The summed E-state index contributed by atoms with van der Waals surface area (Å²) in [5.74, 6) is 0.899. The summed E-state index contributed by atoms with van der Waals surface area (Å²) in [5.41, 5.74) is 9.22. The molecule has 0 saturated carbocycles. The van der Waals surface area contributed by atoms with Crippen molar-refractivity contribution in [3.8, 4) is 17.0 Å². The fourth-order valence-electron chi connectivity index (χ4n) is 3.32. The van der Waals surface area contributed by atoms with Crippen molar-refractivity contribution in [2.75, 3.05) is 24.6 Å². The van der Waals surface area contributed by atoms with Crippen LogP contribution in [0.25, 0.3) is 28.4 Å². The molecule has 0 unspecified atom stereocenters. The highest BCUT2D eigenvalue weighted by Gasteiger charge is 2.15. The maximum atomic E-state index is 11.9. The van der Waals surface area contributed by atoms with Crippen LogP contribution >= 0.6 is 0 Å². The third-order valence-electron chi connectivity index (χ3n) is 4.55. The quantitative estimate of drug-likeness (QED) is 0.597. The molecule has 0 radical (unpaired) electrons. The van der Waals surface area contributed by atoms with Gasteiger partial charge in [-0.2, -0.15) is 0 Å². The lowest BCUT2D eigenvalue weighted by Gasteiger charge is -2.10. The molecule has 0 aliphatic carbocycles. The summed E-state index contributed by atoms with van der Waals surface area (Å²) >= 11 is 0. The molecule has 6 nitrogen and oxygen atoms in total. The van der Waals surface area contributed by atoms with Gasteiger partial charge in [0.15, 0.2) is 0 Å². The van der Waals surface area contributed by atoms with Crippen LogP contribution < -0.4 is 15.2 Å². The number of aromatic nitrogens is 1. The molecule has 1 aromatic heterocycles. The topological polar surface area (TPSA) is 86.3 Å². The van der Waals surface area contributed by atoms with E-state index in [0.29, 0.717) is 12.1 Å². The monoisotopic (exact) mass is 415 g/mol.